The fraction of sp³-hybridized carbons (Fsp3) is 0.538. The van der Waals surface area contributed by atoms with Gasteiger partial charge in [0.05, 0.1) is 10.5 Å². The van der Waals surface area contributed by atoms with Crippen molar-refractivity contribution < 1.29 is 22.3 Å². The van der Waals surface area contributed by atoms with E-state index in [4.69, 9.17) is 0 Å². The Balaban J connectivity index is 2.25. The quantitative estimate of drug-likeness (QED) is 0.924. The molecule has 1 saturated carbocycles. The Morgan fingerprint density at radius 2 is 1.70 bits per heavy atom. The molecule has 2 rings (SSSR count). The van der Waals surface area contributed by atoms with Gasteiger partial charge >= 0.3 is 0 Å². The molecule has 1 aromatic carbocycles. The van der Waals surface area contributed by atoms with Gasteiger partial charge in [-0.1, -0.05) is 12.8 Å². The topological polar surface area (TPSA) is 57.6 Å². The van der Waals surface area contributed by atoms with E-state index < -0.39 is 32.2 Å². The van der Waals surface area contributed by atoms with Gasteiger partial charge in [0.2, 0.25) is 10.0 Å². The molecule has 0 atom stereocenters. The van der Waals surface area contributed by atoms with Crippen molar-refractivity contribution in [2.24, 2.45) is 0 Å². The lowest BCUT2D eigenvalue weighted by Gasteiger charge is -2.28. The second-order valence-electron chi connectivity index (χ2n) is 5.30. The van der Waals surface area contributed by atoms with Crippen LogP contribution in [-0.2, 0) is 10.0 Å². The molecular weight excluding hydrogens is 288 g/mol. The summed E-state index contributed by atoms with van der Waals surface area (Å²) in [6.07, 6.45) is 2.76. The number of benzene rings is 1. The zero-order valence-corrected chi connectivity index (χ0v) is 12.0. The molecule has 1 N–H and O–H groups in total. The van der Waals surface area contributed by atoms with E-state index in [1.807, 2.05) is 0 Å². The first-order chi connectivity index (χ1) is 9.23. The summed E-state index contributed by atoms with van der Waals surface area (Å²) in [5.41, 5.74) is -1.05. The smallest absolute Gasteiger partial charge is 0.243 e. The van der Waals surface area contributed by atoms with Gasteiger partial charge in [-0.3, -0.25) is 0 Å². The molecule has 0 aromatic heterocycles. The molecule has 112 valence electrons. The van der Waals surface area contributed by atoms with Crippen LogP contribution in [0.1, 0.15) is 25.7 Å². The SMILES string of the molecule is CN(CC1(O)CCCC1)S(=O)(=O)c1cc(F)cc(F)c1. The van der Waals surface area contributed by atoms with Crippen LogP contribution in [0.15, 0.2) is 23.1 Å². The van der Waals surface area contributed by atoms with Crippen LogP contribution in [0.4, 0.5) is 8.78 Å². The predicted octanol–water partition coefficient (Wildman–Crippen LogP) is 1.89. The van der Waals surface area contributed by atoms with Crippen molar-refractivity contribution in [3.05, 3.63) is 29.8 Å². The van der Waals surface area contributed by atoms with E-state index in [-0.39, 0.29) is 6.54 Å². The van der Waals surface area contributed by atoms with Gasteiger partial charge in [0.1, 0.15) is 11.6 Å². The summed E-state index contributed by atoms with van der Waals surface area (Å²) in [5, 5.41) is 10.2. The summed E-state index contributed by atoms with van der Waals surface area (Å²) in [6.45, 7) is -0.0759. The second-order valence-corrected chi connectivity index (χ2v) is 7.34. The molecule has 0 bridgehead atoms. The van der Waals surface area contributed by atoms with Crippen molar-refractivity contribution in [1.82, 2.24) is 4.31 Å². The van der Waals surface area contributed by atoms with Crippen LogP contribution < -0.4 is 0 Å². The average molecular weight is 305 g/mol. The zero-order chi connectivity index (χ0) is 15.0. The van der Waals surface area contributed by atoms with E-state index in [0.29, 0.717) is 18.9 Å². The molecule has 1 fully saturated rings. The van der Waals surface area contributed by atoms with E-state index in [0.717, 1.165) is 29.3 Å². The van der Waals surface area contributed by atoms with Crippen molar-refractivity contribution in [3.8, 4) is 0 Å². The number of likely N-dealkylation sites (N-methyl/N-ethyl adjacent to an activating group) is 1. The number of hydrogen-bond donors (Lipinski definition) is 1. The number of rotatable bonds is 4. The Morgan fingerprint density at radius 3 is 2.20 bits per heavy atom. The van der Waals surface area contributed by atoms with Crippen molar-refractivity contribution in [3.63, 3.8) is 0 Å². The van der Waals surface area contributed by atoms with Gasteiger partial charge < -0.3 is 5.11 Å². The van der Waals surface area contributed by atoms with Gasteiger partial charge in [-0.25, -0.2) is 17.2 Å². The molecule has 4 nitrogen and oxygen atoms in total. The summed E-state index contributed by atoms with van der Waals surface area (Å²) in [7, 11) is -2.72. The summed E-state index contributed by atoms with van der Waals surface area (Å²) in [6, 6.07) is 2.16. The maximum Gasteiger partial charge on any atom is 0.243 e. The molecule has 1 aliphatic carbocycles. The Hall–Kier alpha value is -1.05. The van der Waals surface area contributed by atoms with Gasteiger partial charge in [-0.05, 0) is 25.0 Å². The highest BCUT2D eigenvalue weighted by Gasteiger charge is 2.36. The van der Waals surface area contributed by atoms with Gasteiger partial charge in [0.15, 0.2) is 0 Å². The molecule has 0 spiro atoms. The molecule has 7 heteroatoms. The van der Waals surface area contributed by atoms with Crippen LogP contribution in [-0.4, -0.2) is 37.0 Å². The number of aliphatic hydroxyl groups is 1. The number of hydrogen-bond acceptors (Lipinski definition) is 3. The minimum absolute atomic E-state index is 0.0759. The lowest BCUT2D eigenvalue weighted by Crippen LogP contribution is -2.42. The van der Waals surface area contributed by atoms with Gasteiger partial charge in [0.25, 0.3) is 0 Å². The highest BCUT2D eigenvalue weighted by molar-refractivity contribution is 7.89. The Labute approximate surface area is 117 Å². The lowest BCUT2D eigenvalue weighted by atomic mass is 10.0. The Morgan fingerprint density at radius 1 is 1.20 bits per heavy atom. The first-order valence-electron chi connectivity index (χ1n) is 6.38. The van der Waals surface area contributed by atoms with E-state index in [2.05, 4.69) is 0 Å². The van der Waals surface area contributed by atoms with Crippen LogP contribution in [0.25, 0.3) is 0 Å². The molecule has 0 heterocycles. The van der Waals surface area contributed by atoms with Crippen LogP contribution in [0, 0.1) is 11.6 Å². The normalized spacial score (nSPS) is 18.6. The van der Waals surface area contributed by atoms with E-state index in [1.54, 1.807) is 0 Å². The third-order valence-corrected chi connectivity index (χ3v) is 5.38. The fourth-order valence-electron chi connectivity index (χ4n) is 2.55. The van der Waals surface area contributed by atoms with E-state index in [1.165, 1.54) is 7.05 Å². The van der Waals surface area contributed by atoms with Crippen molar-refractivity contribution in [2.75, 3.05) is 13.6 Å². The largest absolute Gasteiger partial charge is 0.389 e. The highest BCUT2D eigenvalue weighted by atomic mass is 32.2. The summed E-state index contributed by atoms with van der Waals surface area (Å²) >= 11 is 0. The minimum atomic E-state index is -4.02. The number of halogens is 2. The first-order valence-corrected chi connectivity index (χ1v) is 7.82. The molecule has 0 unspecified atom stereocenters. The van der Waals surface area contributed by atoms with Crippen LogP contribution in [0.5, 0.6) is 0 Å². The Kier molecular flexibility index (Phi) is 4.13. The summed E-state index contributed by atoms with van der Waals surface area (Å²) in [5.74, 6) is -1.90. The molecule has 0 radical (unpaired) electrons. The van der Waals surface area contributed by atoms with Gasteiger partial charge in [-0.15, -0.1) is 0 Å². The van der Waals surface area contributed by atoms with Crippen molar-refractivity contribution >= 4 is 10.0 Å². The van der Waals surface area contributed by atoms with Crippen LogP contribution >= 0.6 is 0 Å². The molecule has 0 aliphatic heterocycles. The molecule has 1 aliphatic rings. The maximum atomic E-state index is 13.1. The summed E-state index contributed by atoms with van der Waals surface area (Å²) < 4.78 is 51.7. The average Bonchev–Trinajstić information content (AvgIpc) is 2.74. The monoisotopic (exact) mass is 305 g/mol. The standard InChI is InChI=1S/C13H17F2NO3S/c1-16(9-13(17)4-2-3-5-13)20(18,19)12-7-10(14)6-11(15)8-12/h6-8,17H,2-5,9H2,1H3. The Bertz CT molecular complexity index is 577. The van der Waals surface area contributed by atoms with Gasteiger partial charge in [0, 0.05) is 19.7 Å². The molecule has 1 aromatic rings. The molecular formula is C13H17F2NO3S. The fourth-order valence-corrected chi connectivity index (χ4v) is 3.84. The molecule has 0 amide bonds. The number of sulfonamides is 1. The number of nitrogens with zero attached hydrogens (tertiary/aromatic N) is 1. The second kappa shape index (κ2) is 5.38. The maximum absolute atomic E-state index is 13.1. The van der Waals surface area contributed by atoms with E-state index in [9.17, 15) is 22.3 Å². The first kappa shape index (κ1) is 15.3. The predicted molar refractivity (Wildman–Crippen MR) is 69.6 cm³/mol. The third-order valence-electron chi connectivity index (χ3n) is 3.60. The van der Waals surface area contributed by atoms with Crippen LogP contribution in [0.2, 0.25) is 0 Å². The van der Waals surface area contributed by atoms with Gasteiger partial charge in [-0.2, -0.15) is 4.31 Å². The lowest BCUT2D eigenvalue weighted by molar-refractivity contribution is 0.0333. The third kappa shape index (κ3) is 3.16. The van der Waals surface area contributed by atoms with Crippen molar-refractivity contribution in [1.29, 1.82) is 0 Å². The minimum Gasteiger partial charge on any atom is -0.389 e. The van der Waals surface area contributed by atoms with Crippen molar-refractivity contribution in [2.45, 2.75) is 36.2 Å². The summed E-state index contributed by atoms with van der Waals surface area (Å²) in [4.78, 5) is -0.445. The highest BCUT2D eigenvalue weighted by Crippen LogP contribution is 2.31. The van der Waals surface area contributed by atoms with Crippen LogP contribution in [0.3, 0.4) is 0 Å². The molecule has 20 heavy (non-hydrogen) atoms. The molecule has 0 saturated heterocycles. The zero-order valence-electron chi connectivity index (χ0n) is 11.1. The van der Waals surface area contributed by atoms with E-state index >= 15 is 0 Å².